The van der Waals surface area contributed by atoms with Gasteiger partial charge in [-0.25, -0.2) is 0 Å². The number of carbonyl (C=O) groups excluding carboxylic acids is 1. The van der Waals surface area contributed by atoms with Crippen LogP contribution in [0.5, 0.6) is 0 Å². The first-order chi connectivity index (χ1) is 11.7. The number of halogens is 1. The van der Waals surface area contributed by atoms with E-state index < -0.39 is 0 Å². The van der Waals surface area contributed by atoms with E-state index in [4.69, 9.17) is 11.6 Å². The zero-order chi connectivity index (χ0) is 16.9. The van der Waals surface area contributed by atoms with Crippen molar-refractivity contribution in [2.45, 2.75) is 31.7 Å². The summed E-state index contributed by atoms with van der Waals surface area (Å²) in [5, 5.41) is 13.0. The summed E-state index contributed by atoms with van der Waals surface area (Å²) in [5.74, 6) is 0.291. The fourth-order valence-electron chi connectivity index (χ4n) is 3.12. The highest BCUT2D eigenvalue weighted by atomic mass is 35.5. The number of aromatic nitrogens is 1. The molecule has 0 saturated heterocycles. The van der Waals surface area contributed by atoms with E-state index in [2.05, 4.69) is 10.3 Å². The Morgan fingerprint density at radius 2 is 1.83 bits per heavy atom. The molecule has 0 spiro atoms. The van der Waals surface area contributed by atoms with Crippen molar-refractivity contribution in [1.29, 1.82) is 0 Å². The molecule has 0 aliphatic heterocycles. The third kappa shape index (κ3) is 4.13. The first-order valence-corrected chi connectivity index (χ1v) is 8.66. The van der Waals surface area contributed by atoms with Crippen molar-refractivity contribution < 1.29 is 9.90 Å². The normalized spacial score (nSPS) is 20.6. The highest BCUT2D eigenvalue weighted by Crippen LogP contribution is 2.25. The van der Waals surface area contributed by atoms with Crippen LogP contribution in [-0.2, 0) is 0 Å². The molecule has 1 aromatic carbocycles. The molecule has 0 unspecified atom stereocenters. The molecule has 1 saturated carbocycles. The predicted molar refractivity (Wildman–Crippen MR) is 95.0 cm³/mol. The molecule has 126 valence electrons. The number of aliphatic hydroxyl groups excluding tert-OH is 1. The highest BCUT2D eigenvalue weighted by Gasteiger charge is 2.22. The van der Waals surface area contributed by atoms with Gasteiger partial charge in [0.1, 0.15) is 0 Å². The molecule has 1 fully saturated rings. The van der Waals surface area contributed by atoms with E-state index in [1.807, 2.05) is 30.3 Å². The van der Waals surface area contributed by atoms with Gasteiger partial charge in [-0.05, 0) is 55.4 Å². The van der Waals surface area contributed by atoms with Gasteiger partial charge < -0.3 is 10.4 Å². The minimum atomic E-state index is -0.0919. The van der Waals surface area contributed by atoms with Gasteiger partial charge in [-0.3, -0.25) is 9.78 Å². The molecule has 1 aliphatic carbocycles. The first kappa shape index (κ1) is 16.9. The van der Waals surface area contributed by atoms with Gasteiger partial charge >= 0.3 is 0 Å². The monoisotopic (exact) mass is 344 g/mol. The van der Waals surface area contributed by atoms with Crippen LogP contribution in [0, 0.1) is 5.92 Å². The van der Waals surface area contributed by atoms with Crippen LogP contribution in [0.25, 0.3) is 11.1 Å². The number of amides is 1. The third-order valence-electron chi connectivity index (χ3n) is 4.62. The number of hydrogen-bond donors (Lipinski definition) is 2. The molecule has 1 heterocycles. The van der Waals surface area contributed by atoms with E-state index in [0.717, 1.165) is 36.8 Å². The molecular formula is C19H21ClN2O2. The Labute approximate surface area is 146 Å². The number of rotatable bonds is 4. The van der Waals surface area contributed by atoms with Gasteiger partial charge in [0.05, 0.1) is 5.56 Å². The molecule has 0 radical (unpaired) electrons. The molecule has 1 aromatic heterocycles. The molecule has 2 aromatic rings. The van der Waals surface area contributed by atoms with Gasteiger partial charge in [-0.15, -0.1) is 0 Å². The molecular weight excluding hydrogens is 324 g/mol. The fraction of sp³-hybridized carbons (Fsp3) is 0.368. The topological polar surface area (TPSA) is 62.2 Å². The number of nitrogens with one attached hydrogen (secondary N) is 1. The Morgan fingerprint density at radius 3 is 2.50 bits per heavy atom. The summed E-state index contributed by atoms with van der Waals surface area (Å²) in [5.41, 5.74) is 2.43. The van der Waals surface area contributed by atoms with Crippen LogP contribution in [0.15, 0.2) is 42.7 Å². The minimum Gasteiger partial charge on any atom is -0.396 e. The third-order valence-corrected chi connectivity index (χ3v) is 4.87. The van der Waals surface area contributed by atoms with Gasteiger partial charge in [-0.2, -0.15) is 0 Å². The summed E-state index contributed by atoms with van der Waals surface area (Å²) in [6, 6.07) is 9.51. The lowest BCUT2D eigenvalue weighted by molar-refractivity contribution is 0.0913. The maximum atomic E-state index is 12.5. The van der Waals surface area contributed by atoms with Crippen LogP contribution in [-0.4, -0.2) is 28.6 Å². The molecule has 2 N–H and O–H groups in total. The van der Waals surface area contributed by atoms with E-state index >= 15 is 0 Å². The highest BCUT2D eigenvalue weighted by molar-refractivity contribution is 6.30. The summed E-state index contributed by atoms with van der Waals surface area (Å²) < 4.78 is 0. The van der Waals surface area contributed by atoms with Crippen molar-refractivity contribution in [2.75, 3.05) is 6.61 Å². The Hall–Kier alpha value is -1.91. The summed E-state index contributed by atoms with van der Waals surface area (Å²) >= 11 is 5.91. The van der Waals surface area contributed by atoms with Crippen molar-refractivity contribution >= 4 is 17.5 Å². The SMILES string of the molecule is O=C(NC1CCC(CO)CC1)c1cncc(-c2ccc(Cl)cc2)c1. The lowest BCUT2D eigenvalue weighted by Crippen LogP contribution is -2.38. The minimum absolute atomic E-state index is 0.0919. The quantitative estimate of drug-likeness (QED) is 0.889. The summed E-state index contributed by atoms with van der Waals surface area (Å²) in [7, 11) is 0. The Bertz CT molecular complexity index is 695. The van der Waals surface area contributed by atoms with E-state index in [9.17, 15) is 9.90 Å². The number of hydrogen-bond acceptors (Lipinski definition) is 3. The van der Waals surface area contributed by atoms with Crippen molar-refractivity contribution in [1.82, 2.24) is 10.3 Å². The maximum absolute atomic E-state index is 12.5. The summed E-state index contributed by atoms with van der Waals surface area (Å²) in [4.78, 5) is 16.7. The van der Waals surface area contributed by atoms with E-state index in [-0.39, 0.29) is 18.6 Å². The van der Waals surface area contributed by atoms with E-state index in [1.165, 1.54) is 0 Å². The number of carbonyl (C=O) groups is 1. The average Bonchev–Trinajstić information content (AvgIpc) is 2.63. The number of benzene rings is 1. The lowest BCUT2D eigenvalue weighted by Gasteiger charge is -2.27. The molecule has 24 heavy (non-hydrogen) atoms. The lowest BCUT2D eigenvalue weighted by atomic mass is 9.86. The Kier molecular flexibility index (Phi) is 5.48. The Balaban J connectivity index is 1.67. The second-order valence-corrected chi connectivity index (χ2v) is 6.78. The maximum Gasteiger partial charge on any atom is 0.253 e. The van der Waals surface area contributed by atoms with Crippen molar-refractivity contribution in [3.05, 3.63) is 53.3 Å². The molecule has 5 heteroatoms. The van der Waals surface area contributed by atoms with Crippen LogP contribution < -0.4 is 5.32 Å². The van der Waals surface area contributed by atoms with E-state index in [0.29, 0.717) is 16.5 Å². The van der Waals surface area contributed by atoms with Gasteiger partial charge in [0, 0.05) is 35.6 Å². The van der Waals surface area contributed by atoms with Crippen LogP contribution in [0.1, 0.15) is 36.0 Å². The van der Waals surface area contributed by atoms with Crippen LogP contribution in [0.4, 0.5) is 0 Å². The van der Waals surface area contributed by atoms with Crippen molar-refractivity contribution in [3.8, 4) is 11.1 Å². The number of aliphatic hydroxyl groups is 1. The van der Waals surface area contributed by atoms with Crippen LogP contribution >= 0.6 is 11.6 Å². The smallest absolute Gasteiger partial charge is 0.253 e. The molecule has 4 nitrogen and oxygen atoms in total. The van der Waals surface area contributed by atoms with Gasteiger partial charge in [0.25, 0.3) is 5.91 Å². The largest absolute Gasteiger partial charge is 0.396 e. The van der Waals surface area contributed by atoms with Gasteiger partial charge in [0.15, 0.2) is 0 Å². The molecule has 0 bridgehead atoms. The number of nitrogens with zero attached hydrogens (tertiary/aromatic N) is 1. The number of pyridine rings is 1. The summed E-state index contributed by atoms with van der Waals surface area (Å²) in [6.07, 6.45) is 7.10. The second kappa shape index (κ2) is 7.77. The molecule has 3 rings (SSSR count). The van der Waals surface area contributed by atoms with Crippen LogP contribution in [0.3, 0.4) is 0 Å². The van der Waals surface area contributed by atoms with Gasteiger partial charge in [-0.1, -0.05) is 23.7 Å². The van der Waals surface area contributed by atoms with Crippen molar-refractivity contribution in [2.24, 2.45) is 5.92 Å². The average molecular weight is 345 g/mol. The first-order valence-electron chi connectivity index (χ1n) is 8.28. The van der Waals surface area contributed by atoms with Crippen LogP contribution in [0.2, 0.25) is 5.02 Å². The second-order valence-electron chi connectivity index (χ2n) is 6.34. The molecule has 0 atom stereocenters. The fourth-order valence-corrected chi connectivity index (χ4v) is 3.25. The zero-order valence-electron chi connectivity index (χ0n) is 13.4. The molecule has 1 aliphatic rings. The standard InChI is InChI=1S/C19H21ClN2O2/c20-17-5-3-14(4-6-17)15-9-16(11-21-10-15)19(24)22-18-7-1-13(12-23)2-8-18/h3-6,9-11,13,18,23H,1-2,7-8,12H2,(H,22,24). The predicted octanol–water partition coefficient (Wildman–Crippen LogP) is 3.68. The van der Waals surface area contributed by atoms with Crippen molar-refractivity contribution in [3.63, 3.8) is 0 Å². The Morgan fingerprint density at radius 1 is 1.12 bits per heavy atom. The molecule has 1 amide bonds. The van der Waals surface area contributed by atoms with E-state index in [1.54, 1.807) is 12.4 Å². The zero-order valence-corrected chi connectivity index (χ0v) is 14.2. The summed E-state index contributed by atoms with van der Waals surface area (Å²) in [6.45, 7) is 0.244. The van der Waals surface area contributed by atoms with Gasteiger partial charge in [0.2, 0.25) is 0 Å².